The number of rotatable bonds is 6. The quantitative estimate of drug-likeness (QED) is 0.738. The van der Waals surface area contributed by atoms with E-state index in [1.807, 2.05) is 19.1 Å². The molecular weight excluding hydrogens is 222 g/mol. The maximum Gasteiger partial charge on any atom is 0.122 e. The number of aromatic nitrogens is 1. The second-order valence-electron chi connectivity index (χ2n) is 3.50. The number of hydrogen-bond acceptors (Lipinski definition) is 4. The van der Waals surface area contributed by atoms with Gasteiger partial charge in [0, 0.05) is 24.5 Å². The maximum absolute atomic E-state index is 5.51. The second-order valence-corrected chi connectivity index (χ2v) is 3.94. The molecule has 1 aromatic heterocycles. The number of pyridine rings is 1. The summed E-state index contributed by atoms with van der Waals surface area (Å²) >= 11 is 4.87. The highest BCUT2D eigenvalue weighted by atomic mass is 32.1. The summed E-state index contributed by atoms with van der Waals surface area (Å²) in [6, 6.07) is 3.95. The first kappa shape index (κ1) is 12.9. The molecule has 0 saturated heterocycles. The molecule has 0 aliphatic heterocycles. The SMILES string of the molecule is CCOCC(C)Nc1ccnc(C(N)=S)c1. The molecule has 1 rings (SSSR count). The third-order valence-corrected chi connectivity index (χ3v) is 2.21. The zero-order valence-corrected chi connectivity index (χ0v) is 10.4. The summed E-state index contributed by atoms with van der Waals surface area (Å²) in [5.74, 6) is 0. The lowest BCUT2D eigenvalue weighted by Gasteiger charge is -2.15. The van der Waals surface area contributed by atoms with E-state index in [2.05, 4.69) is 17.2 Å². The van der Waals surface area contributed by atoms with Crippen LogP contribution in [0.4, 0.5) is 5.69 Å². The van der Waals surface area contributed by atoms with Crippen LogP contribution >= 0.6 is 12.2 Å². The average molecular weight is 239 g/mol. The molecular formula is C11H17N3OS. The highest BCUT2D eigenvalue weighted by Crippen LogP contribution is 2.09. The van der Waals surface area contributed by atoms with Crippen molar-refractivity contribution in [2.45, 2.75) is 19.9 Å². The van der Waals surface area contributed by atoms with Crippen molar-refractivity contribution >= 4 is 22.9 Å². The molecule has 1 unspecified atom stereocenters. The fourth-order valence-corrected chi connectivity index (χ4v) is 1.39. The summed E-state index contributed by atoms with van der Waals surface area (Å²) in [6.45, 7) is 5.42. The van der Waals surface area contributed by atoms with Crippen molar-refractivity contribution in [2.75, 3.05) is 18.5 Å². The number of thiocarbonyl (C=S) groups is 1. The Labute approximate surface area is 101 Å². The highest BCUT2D eigenvalue weighted by molar-refractivity contribution is 7.80. The molecule has 4 nitrogen and oxygen atoms in total. The molecule has 0 amide bonds. The van der Waals surface area contributed by atoms with Gasteiger partial charge in [0.05, 0.1) is 12.3 Å². The largest absolute Gasteiger partial charge is 0.388 e. The van der Waals surface area contributed by atoms with E-state index in [0.29, 0.717) is 17.3 Å². The van der Waals surface area contributed by atoms with Crippen LogP contribution in [0.2, 0.25) is 0 Å². The van der Waals surface area contributed by atoms with Gasteiger partial charge in [0.25, 0.3) is 0 Å². The maximum atomic E-state index is 5.51. The molecule has 0 aliphatic carbocycles. The number of anilines is 1. The minimum absolute atomic E-state index is 0.238. The van der Waals surface area contributed by atoms with Gasteiger partial charge in [-0.1, -0.05) is 12.2 Å². The Morgan fingerprint density at radius 2 is 2.44 bits per heavy atom. The van der Waals surface area contributed by atoms with Crippen molar-refractivity contribution in [3.05, 3.63) is 24.0 Å². The van der Waals surface area contributed by atoms with E-state index in [1.165, 1.54) is 0 Å². The van der Waals surface area contributed by atoms with Gasteiger partial charge in [-0.05, 0) is 26.0 Å². The van der Waals surface area contributed by atoms with Gasteiger partial charge in [0.1, 0.15) is 4.99 Å². The van der Waals surface area contributed by atoms with E-state index in [4.69, 9.17) is 22.7 Å². The Bertz CT molecular complexity index is 357. The van der Waals surface area contributed by atoms with Gasteiger partial charge < -0.3 is 15.8 Å². The zero-order valence-electron chi connectivity index (χ0n) is 9.56. The standard InChI is InChI=1S/C11H17N3OS/c1-3-15-7-8(2)14-9-4-5-13-10(6-9)11(12)16/h4-6,8H,3,7H2,1-2H3,(H2,12,16)(H,13,14). The van der Waals surface area contributed by atoms with Crippen LogP contribution in [0.1, 0.15) is 19.5 Å². The lowest BCUT2D eigenvalue weighted by atomic mass is 10.2. The molecule has 0 bridgehead atoms. The zero-order chi connectivity index (χ0) is 12.0. The summed E-state index contributed by atoms with van der Waals surface area (Å²) in [5.41, 5.74) is 7.09. The van der Waals surface area contributed by atoms with Gasteiger partial charge in [-0.15, -0.1) is 0 Å². The van der Waals surface area contributed by atoms with Crippen molar-refractivity contribution in [1.82, 2.24) is 4.98 Å². The van der Waals surface area contributed by atoms with Crippen LogP contribution in [0.3, 0.4) is 0 Å². The average Bonchev–Trinajstić information content (AvgIpc) is 2.26. The van der Waals surface area contributed by atoms with Crippen LogP contribution in [-0.2, 0) is 4.74 Å². The summed E-state index contributed by atoms with van der Waals surface area (Å²) in [5, 5.41) is 3.29. The van der Waals surface area contributed by atoms with Crippen molar-refractivity contribution in [3.63, 3.8) is 0 Å². The number of hydrogen-bond donors (Lipinski definition) is 2. The second kappa shape index (κ2) is 6.40. The van der Waals surface area contributed by atoms with Gasteiger partial charge >= 0.3 is 0 Å². The smallest absolute Gasteiger partial charge is 0.122 e. The Hall–Kier alpha value is -1.20. The molecule has 0 aliphatic rings. The topological polar surface area (TPSA) is 60.2 Å². The monoisotopic (exact) mass is 239 g/mol. The first-order chi connectivity index (χ1) is 7.63. The minimum Gasteiger partial charge on any atom is -0.388 e. The van der Waals surface area contributed by atoms with Crippen LogP contribution < -0.4 is 11.1 Å². The highest BCUT2D eigenvalue weighted by Gasteiger charge is 2.04. The van der Waals surface area contributed by atoms with Gasteiger partial charge in [-0.25, -0.2) is 0 Å². The minimum atomic E-state index is 0.238. The van der Waals surface area contributed by atoms with Crippen LogP contribution in [0, 0.1) is 0 Å². The predicted octanol–water partition coefficient (Wildman–Crippen LogP) is 1.55. The number of nitrogens with two attached hydrogens (primary N) is 1. The van der Waals surface area contributed by atoms with Crippen LogP contribution in [0.25, 0.3) is 0 Å². The molecule has 0 fully saturated rings. The molecule has 5 heteroatoms. The van der Waals surface area contributed by atoms with Crippen molar-refractivity contribution < 1.29 is 4.74 Å². The number of nitrogens with zero attached hydrogens (tertiary/aromatic N) is 1. The molecule has 0 spiro atoms. The molecule has 0 saturated carbocycles. The van der Waals surface area contributed by atoms with E-state index in [-0.39, 0.29) is 6.04 Å². The first-order valence-corrected chi connectivity index (χ1v) is 5.64. The van der Waals surface area contributed by atoms with E-state index < -0.39 is 0 Å². The van der Waals surface area contributed by atoms with Crippen LogP contribution in [0.5, 0.6) is 0 Å². The summed E-state index contributed by atoms with van der Waals surface area (Å²) < 4.78 is 5.32. The molecule has 3 N–H and O–H groups in total. The molecule has 16 heavy (non-hydrogen) atoms. The van der Waals surface area contributed by atoms with Crippen molar-refractivity contribution in [2.24, 2.45) is 5.73 Å². The van der Waals surface area contributed by atoms with Gasteiger partial charge in [0.2, 0.25) is 0 Å². The van der Waals surface area contributed by atoms with Gasteiger partial charge in [0.15, 0.2) is 0 Å². The first-order valence-electron chi connectivity index (χ1n) is 5.23. The summed E-state index contributed by atoms with van der Waals surface area (Å²) in [4.78, 5) is 4.38. The molecule has 0 radical (unpaired) electrons. The Morgan fingerprint density at radius 1 is 1.69 bits per heavy atom. The van der Waals surface area contributed by atoms with E-state index in [0.717, 1.165) is 12.3 Å². The number of ether oxygens (including phenoxy) is 1. The predicted molar refractivity (Wildman–Crippen MR) is 69.7 cm³/mol. The van der Waals surface area contributed by atoms with Crippen LogP contribution in [-0.4, -0.2) is 29.2 Å². The Kier molecular flexibility index (Phi) is 5.14. The lowest BCUT2D eigenvalue weighted by Crippen LogP contribution is -2.22. The van der Waals surface area contributed by atoms with Gasteiger partial charge in [-0.3, -0.25) is 4.98 Å². The summed E-state index contributed by atoms with van der Waals surface area (Å²) in [7, 11) is 0. The van der Waals surface area contributed by atoms with E-state index >= 15 is 0 Å². The third-order valence-electron chi connectivity index (χ3n) is 2.00. The lowest BCUT2D eigenvalue weighted by molar-refractivity contribution is 0.141. The summed E-state index contributed by atoms with van der Waals surface area (Å²) in [6.07, 6.45) is 1.68. The molecule has 1 aromatic rings. The molecule has 88 valence electrons. The fourth-order valence-electron chi connectivity index (χ4n) is 1.28. The van der Waals surface area contributed by atoms with Crippen LogP contribution in [0.15, 0.2) is 18.3 Å². The number of nitrogens with one attached hydrogen (secondary N) is 1. The normalized spacial score (nSPS) is 12.1. The molecule has 0 aromatic carbocycles. The molecule has 1 atom stereocenters. The molecule has 1 heterocycles. The van der Waals surface area contributed by atoms with Gasteiger partial charge in [-0.2, -0.15) is 0 Å². The Morgan fingerprint density at radius 3 is 3.06 bits per heavy atom. The fraction of sp³-hybridized carbons (Fsp3) is 0.455. The third kappa shape index (κ3) is 4.12. The van der Waals surface area contributed by atoms with E-state index in [1.54, 1.807) is 6.20 Å². The van der Waals surface area contributed by atoms with E-state index in [9.17, 15) is 0 Å². The Balaban J connectivity index is 2.59. The van der Waals surface area contributed by atoms with Crippen molar-refractivity contribution in [3.8, 4) is 0 Å². The van der Waals surface area contributed by atoms with Crippen molar-refractivity contribution in [1.29, 1.82) is 0 Å².